The van der Waals surface area contributed by atoms with Crippen molar-refractivity contribution in [3.63, 3.8) is 0 Å². The number of aliphatic hydroxyl groups is 1. The lowest BCUT2D eigenvalue weighted by Crippen LogP contribution is -2.16. The third-order valence-corrected chi connectivity index (χ3v) is 3.03. The highest BCUT2D eigenvalue weighted by molar-refractivity contribution is 7.92. The van der Waals surface area contributed by atoms with Crippen molar-refractivity contribution >= 4 is 15.7 Å². The van der Waals surface area contributed by atoms with Crippen molar-refractivity contribution < 1.29 is 13.5 Å². The zero-order valence-electron chi connectivity index (χ0n) is 10.9. The van der Waals surface area contributed by atoms with Gasteiger partial charge in [0.25, 0.3) is 0 Å². The fourth-order valence-electron chi connectivity index (χ4n) is 1.57. The maximum absolute atomic E-state index is 11.1. The summed E-state index contributed by atoms with van der Waals surface area (Å²) in [7, 11) is 0.592. The van der Waals surface area contributed by atoms with E-state index in [1.807, 2.05) is 19.0 Å². The summed E-state index contributed by atoms with van der Waals surface area (Å²) in [5.74, 6) is 0. The van der Waals surface area contributed by atoms with Gasteiger partial charge in [0.15, 0.2) is 0 Å². The summed E-state index contributed by atoms with van der Waals surface area (Å²) >= 11 is 0. The summed E-state index contributed by atoms with van der Waals surface area (Å²) in [4.78, 5) is 1.99. The molecule has 5 nitrogen and oxygen atoms in total. The Balaban J connectivity index is 2.75. The standard InChI is InChI=1S/C12H20N2O3S/c1-14(2)8-7-12(15)10-5-4-6-11(9-10)13-18(3,16)17/h4-6,9,12-13,15H,7-8H2,1-3H3/t12-/m0/s1. The van der Waals surface area contributed by atoms with Crippen LogP contribution in [-0.4, -0.2) is 45.3 Å². The Bertz CT molecular complexity index is 486. The van der Waals surface area contributed by atoms with Crippen LogP contribution in [0.3, 0.4) is 0 Å². The van der Waals surface area contributed by atoms with Crippen LogP contribution in [0.25, 0.3) is 0 Å². The normalized spacial score (nSPS) is 13.6. The van der Waals surface area contributed by atoms with Crippen LogP contribution in [0.2, 0.25) is 0 Å². The fourth-order valence-corrected chi connectivity index (χ4v) is 2.13. The molecule has 2 N–H and O–H groups in total. The maximum atomic E-state index is 11.1. The molecule has 0 spiro atoms. The van der Waals surface area contributed by atoms with Crippen LogP contribution in [0.5, 0.6) is 0 Å². The third kappa shape index (κ3) is 5.48. The molecule has 1 aromatic carbocycles. The Morgan fingerprint density at radius 3 is 2.61 bits per heavy atom. The molecule has 1 atom stereocenters. The summed E-state index contributed by atoms with van der Waals surface area (Å²) in [6.07, 6.45) is 1.12. The molecule has 0 aromatic heterocycles. The quantitative estimate of drug-likeness (QED) is 0.812. The van der Waals surface area contributed by atoms with E-state index in [2.05, 4.69) is 4.72 Å². The number of benzene rings is 1. The van der Waals surface area contributed by atoms with Gasteiger partial charge in [0.2, 0.25) is 10.0 Å². The molecular formula is C12H20N2O3S. The van der Waals surface area contributed by atoms with Crippen LogP contribution in [0.15, 0.2) is 24.3 Å². The number of nitrogens with one attached hydrogen (secondary N) is 1. The molecule has 0 saturated carbocycles. The molecule has 0 unspecified atom stereocenters. The largest absolute Gasteiger partial charge is 0.388 e. The Kier molecular flexibility index (Phi) is 5.13. The van der Waals surface area contributed by atoms with Crippen LogP contribution in [0.4, 0.5) is 5.69 Å². The first kappa shape index (κ1) is 14.9. The summed E-state index contributed by atoms with van der Waals surface area (Å²) < 4.78 is 24.6. The van der Waals surface area contributed by atoms with Crippen LogP contribution >= 0.6 is 0 Å². The van der Waals surface area contributed by atoms with E-state index in [1.54, 1.807) is 24.3 Å². The second-order valence-electron chi connectivity index (χ2n) is 4.61. The van der Waals surface area contributed by atoms with Crippen molar-refractivity contribution in [2.45, 2.75) is 12.5 Å². The van der Waals surface area contributed by atoms with Crippen molar-refractivity contribution in [1.29, 1.82) is 0 Å². The molecule has 0 aliphatic heterocycles. The van der Waals surface area contributed by atoms with E-state index in [1.165, 1.54) is 0 Å². The van der Waals surface area contributed by atoms with E-state index < -0.39 is 16.1 Å². The predicted molar refractivity (Wildman–Crippen MR) is 73.0 cm³/mol. The van der Waals surface area contributed by atoms with Gasteiger partial charge >= 0.3 is 0 Å². The lowest BCUT2D eigenvalue weighted by atomic mass is 10.1. The molecule has 0 fully saturated rings. The van der Waals surface area contributed by atoms with Crippen molar-refractivity contribution in [3.05, 3.63) is 29.8 Å². The van der Waals surface area contributed by atoms with Crippen molar-refractivity contribution in [1.82, 2.24) is 4.90 Å². The van der Waals surface area contributed by atoms with Gasteiger partial charge in [0.1, 0.15) is 0 Å². The Labute approximate surface area is 108 Å². The molecule has 0 amide bonds. The minimum Gasteiger partial charge on any atom is -0.388 e. The van der Waals surface area contributed by atoms with Crippen molar-refractivity contribution in [2.75, 3.05) is 31.6 Å². The summed E-state index contributed by atoms with van der Waals surface area (Å²) in [6.45, 7) is 0.769. The average molecular weight is 272 g/mol. The molecule has 18 heavy (non-hydrogen) atoms. The summed E-state index contributed by atoms with van der Waals surface area (Å²) in [5, 5.41) is 9.99. The van der Waals surface area contributed by atoms with Gasteiger partial charge in [-0.05, 0) is 38.2 Å². The molecule has 0 aliphatic carbocycles. The number of sulfonamides is 1. The first-order valence-electron chi connectivity index (χ1n) is 5.68. The topological polar surface area (TPSA) is 69.6 Å². The number of rotatable bonds is 6. The summed E-state index contributed by atoms with van der Waals surface area (Å²) in [6, 6.07) is 6.82. The lowest BCUT2D eigenvalue weighted by molar-refractivity contribution is 0.154. The molecule has 0 aliphatic rings. The van der Waals surface area contributed by atoms with Crippen LogP contribution in [0.1, 0.15) is 18.1 Å². The highest BCUT2D eigenvalue weighted by Gasteiger charge is 2.09. The monoisotopic (exact) mass is 272 g/mol. The first-order chi connectivity index (χ1) is 8.28. The van der Waals surface area contributed by atoms with Gasteiger partial charge in [-0.1, -0.05) is 12.1 Å². The molecule has 0 heterocycles. The number of aliphatic hydroxyl groups excluding tert-OH is 1. The predicted octanol–water partition coefficient (Wildman–Crippen LogP) is 1.04. The van der Waals surface area contributed by atoms with Crippen LogP contribution in [-0.2, 0) is 10.0 Å². The molecule has 0 bridgehead atoms. The van der Waals surface area contributed by atoms with E-state index >= 15 is 0 Å². The SMILES string of the molecule is CN(C)CC[C@H](O)c1cccc(NS(C)(=O)=O)c1. The van der Waals surface area contributed by atoms with Gasteiger partial charge in [-0.15, -0.1) is 0 Å². The van der Waals surface area contributed by atoms with Crippen LogP contribution < -0.4 is 4.72 Å². The molecule has 1 aromatic rings. The minimum atomic E-state index is -3.29. The van der Waals surface area contributed by atoms with E-state index in [4.69, 9.17) is 0 Å². The van der Waals surface area contributed by atoms with Gasteiger partial charge in [-0.3, -0.25) is 4.72 Å². The third-order valence-electron chi connectivity index (χ3n) is 2.42. The molecule has 102 valence electrons. The highest BCUT2D eigenvalue weighted by Crippen LogP contribution is 2.20. The van der Waals surface area contributed by atoms with E-state index in [0.29, 0.717) is 17.7 Å². The summed E-state index contributed by atoms with van der Waals surface area (Å²) in [5.41, 5.74) is 1.18. The zero-order valence-corrected chi connectivity index (χ0v) is 11.7. The van der Waals surface area contributed by atoms with Gasteiger partial charge < -0.3 is 10.0 Å². The fraction of sp³-hybridized carbons (Fsp3) is 0.500. The Hall–Kier alpha value is -1.11. The molecule has 1 rings (SSSR count). The second kappa shape index (κ2) is 6.17. The van der Waals surface area contributed by atoms with Crippen LogP contribution in [0, 0.1) is 0 Å². The first-order valence-corrected chi connectivity index (χ1v) is 7.57. The zero-order chi connectivity index (χ0) is 13.8. The Morgan fingerprint density at radius 2 is 2.06 bits per heavy atom. The average Bonchev–Trinajstić information content (AvgIpc) is 2.23. The van der Waals surface area contributed by atoms with Gasteiger partial charge in [-0.2, -0.15) is 0 Å². The van der Waals surface area contributed by atoms with E-state index in [9.17, 15) is 13.5 Å². The molecular weight excluding hydrogens is 252 g/mol. The highest BCUT2D eigenvalue weighted by atomic mass is 32.2. The number of hydrogen-bond acceptors (Lipinski definition) is 4. The Morgan fingerprint density at radius 1 is 1.39 bits per heavy atom. The number of anilines is 1. The maximum Gasteiger partial charge on any atom is 0.229 e. The van der Waals surface area contributed by atoms with Gasteiger partial charge in [0.05, 0.1) is 12.4 Å². The number of hydrogen-bond donors (Lipinski definition) is 2. The smallest absolute Gasteiger partial charge is 0.229 e. The second-order valence-corrected chi connectivity index (χ2v) is 6.36. The van der Waals surface area contributed by atoms with E-state index in [0.717, 1.165) is 12.8 Å². The van der Waals surface area contributed by atoms with Crippen molar-refractivity contribution in [3.8, 4) is 0 Å². The molecule has 6 heteroatoms. The van der Waals surface area contributed by atoms with E-state index in [-0.39, 0.29) is 0 Å². The lowest BCUT2D eigenvalue weighted by Gasteiger charge is -2.15. The molecule has 0 saturated heterocycles. The minimum absolute atomic E-state index is 0.471. The van der Waals surface area contributed by atoms with Gasteiger partial charge in [0, 0.05) is 12.2 Å². The van der Waals surface area contributed by atoms with Crippen molar-refractivity contribution in [2.24, 2.45) is 0 Å². The van der Waals surface area contributed by atoms with Gasteiger partial charge in [-0.25, -0.2) is 8.42 Å². The molecule has 0 radical (unpaired) electrons. The number of nitrogens with zero attached hydrogens (tertiary/aromatic N) is 1.